The van der Waals surface area contributed by atoms with Crippen molar-refractivity contribution in [2.75, 3.05) is 0 Å². The van der Waals surface area contributed by atoms with Crippen molar-refractivity contribution in [3.63, 3.8) is 0 Å². The van der Waals surface area contributed by atoms with Crippen LogP contribution in [0.4, 0.5) is 0 Å². The average molecular weight is 166 g/mol. The number of carbonyl (C=O) groups is 1. The van der Waals surface area contributed by atoms with Gasteiger partial charge in [-0.2, -0.15) is 0 Å². The maximum Gasteiger partial charge on any atom is 0.309 e. The van der Waals surface area contributed by atoms with Crippen molar-refractivity contribution >= 4 is 5.97 Å². The summed E-state index contributed by atoms with van der Waals surface area (Å²) >= 11 is 0. The molecule has 0 N–H and O–H groups in total. The van der Waals surface area contributed by atoms with Crippen LogP contribution >= 0.6 is 0 Å². The van der Waals surface area contributed by atoms with Crippen LogP contribution in [0.2, 0.25) is 0 Å². The van der Waals surface area contributed by atoms with Crippen LogP contribution in [0.15, 0.2) is 0 Å². The molecule has 2 aliphatic carbocycles. The van der Waals surface area contributed by atoms with Crippen molar-refractivity contribution in [3.8, 4) is 0 Å². The van der Waals surface area contributed by atoms with E-state index in [4.69, 9.17) is 4.74 Å². The lowest BCUT2D eigenvalue weighted by molar-refractivity contribution is -0.151. The fraction of sp³-hybridized carbons (Fsp3) is 0.900. The first kappa shape index (κ1) is 6.93. The van der Waals surface area contributed by atoms with Gasteiger partial charge in [0.25, 0.3) is 0 Å². The van der Waals surface area contributed by atoms with Crippen molar-refractivity contribution in [2.45, 2.75) is 38.2 Å². The molecule has 2 heterocycles. The number of hydrogen-bond acceptors (Lipinski definition) is 2. The maximum absolute atomic E-state index is 11.4. The Hall–Kier alpha value is -0.530. The Bertz CT molecular complexity index is 210. The van der Waals surface area contributed by atoms with E-state index in [1.54, 1.807) is 0 Å². The summed E-state index contributed by atoms with van der Waals surface area (Å²) in [6, 6.07) is 0. The summed E-state index contributed by atoms with van der Waals surface area (Å²) in [5.74, 6) is 1.98. The highest BCUT2D eigenvalue weighted by Gasteiger charge is 2.44. The topological polar surface area (TPSA) is 26.3 Å². The summed E-state index contributed by atoms with van der Waals surface area (Å²) in [7, 11) is 0. The quantitative estimate of drug-likeness (QED) is 0.512. The van der Waals surface area contributed by atoms with Crippen LogP contribution in [0.1, 0.15) is 32.1 Å². The van der Waals surface area contributed by atoms with Gasteiger partial charge in [0.2, 0.25) is 0 Å². The van der Waals surface area contributed by atoms with Crippen molar-refractivity contribution in [1.82, 2.24) is 0 Å². The van der Waals surface area contributed by atoms with E-state index in [1.807, 2.05) is 0 Å². The Labute approximate surface area is 72.3 Å². The van der Waals surface area contributed by atoms with Crippen LogP contribution in [-0.2, 0) is 9.53 Å². The standard InChI is InChI=1S/C10H14O2/c11-10-8-2-6-1-7(3-8)5-9(4-6)12-10/h6-9H,1-5H2/t6-,7?,8+,9-/m1/s1. The lowest BCUT2D eigenvalue weighted by atomic mass is 9.68. The SMILES string of the molecule is O=C1O[C@H]2CC3C[C@@H](C2)C[C@H]1C3. The number of carbonyl (C=O) groups excluding carboxylic acids is 1. The summed E-state index contributed by atoms with van der Waals surface area (Å²) in [6.45, 7) is 0. The fourth-order valence-corrected chi connectivity index (χ4v) is 3.34. The molecule has 2 heteroatoms. The van der Waals surface area contributed by atoms with Crippen LogP contribution in [0, 0.1) is 17.8 Å². The highest BCUT2D eigenvalue weighted by molar-refractivity contribution is 5.73. The minimum Gasteiger partial charge on any atom is -0.462 e. The van der Waals surface area contributed by atoms with Gasteiger partial charge in [-0.15, -0.1) is 0 Å². The Balaban J connectivity index is 1.95. The van der Waals surface area contributed by atoms with Crippen molar-refractivity contribution < 1.29 is 9.53 Å². The molecule has 1 unspecified atom stereocenters. The second kappa shape index (κ2) is 2.24. The molecule has 0 amide bonds. The second-order valence-corrected chi connectivity index (χ2v) is 4.67. The number of esters is 1. The molecular formula is C10H14O2. The molecule has 2 aliphatic heterocycles. The van der Waals surface area contributed by atoms with Gasteiger partial charge in [0.05, 0.1) is 5.92 Å². The number of fused-ring (bicyclic) bond motifs is 1. The zero-order valence-corrected chi connectivity index (χ0v) is 7.16. The van der Waals surface area contributed by atoms with E-state index in [9.17, 15) is 4.79 Å². The smallest absolute Gasteiger partial charge is 0.309 e. The molecule has 0 radical (unpaired) electrons. The second-order valence-electron chi connectivity index (χ2n) is 4.67. The van der Waals surface area contributed by atoms with Gasteiger partial charge in [-0.25, -0.2) is 0 Å². The zero-order chi connectivity index (χ0) is 8.13. The molecule has 4 atom stereocenters. The van der Waals surface area contributed by atoms with E-state index in [2.05, 4.69) is 0 Å². The number of rotatable bonds is 0. The van der Waals surface area contributed by atoms with Gasteiger partial charge in [-0.1, -0.05) is 0 Å². The van der Waals surface area contributed by atoms with Crippen LogP contribution in [-0.4, -0.2) is 12.1 Å². The monoisotopic (exact) mass is 166 g/mol. The maximum atomic E-state index is 11.4. The molecule has 0 aromatic rings. The van der Waals surface area contributed by atoms with Crippen LogP contribution in [0.25, 0.3) is 0 Å². The summed E-state index contributed by atoms with van der Waals surface area (Å²) in [5, 5.41) is 0. The summed E-state index contributed by atoms with van der Waals surface area (Å²) in [6.07, 6.45) is 6.19. The third-order valence-electron chi connectivity index (χ3n) is 3.71. The van der Waals surface area contributed by atoms with Crippen molar-refractivity contribution in [1.29, 1.82) is 0 Å². The molecule has 4 bridgehead atoms. The summed E-state index contributed by atoms with van der Waals surface area (Å²) in [4.78, 5) is 11.4. The molecule has 0 spiro atoms. The van der Waals surface area contributed by atoms with Crippen molar-refractivity contribution in [3.05, 3.63) is 0 Å². The van der Waals surface area contributed by atoms with Crippen LogP contribution in [0.3, 0.4) is 0 Å². The van der Waals surface area contributed by atoms with Crippen LogP contribution in [0.5, 0.6) is 0 Å². The molecule has 66 valence electrons. The van der Waals surface area contributed by atoms with Crippen LogP contribution < -0.4 is 0 Å². The van der Waals surface area contributed by atoms with Gasteiger partial charge in [-0.3, -0.25) is 4.79 Å². The Morgan fingerprint density at radius 1 is 1.00 bits per heavy atom. The van der Waals surface area contributed by atoms with E-state index in [0.717, 1.165) is 37.5 Å². The Morgan fingerprint density at radius 3 is 2.33 bits per heavy atom. The van der Waals surface area contributed by atoms with Gasteiger partial charge in [0.1, 0.15) is 6.10 Å². The third-order valence-corrected chi connectivity index (χ3v) is 3.71. The first-order chi connectivity index (χ1) is 5.81. The fourth-order valence-electron chi connectivity index (χ4n) is 3.34. The summed E-state index contributed by atoms with van der Waals surface area (Å²) < 4.78 is 5.40. The summed E-state index contributed by atoms with van der Waals surface area (Å²) in [5.41, 5.74) is 0. The molecular weight excluding hydrogens is 152 g/mol. The Morgan fingerprint density at radius 2 is 1.67 bits per heavy atom. The van der Waals surface area contributed by atoms with E-state index >= 15 is 0 Å². The molecule has 2 saturated heterocycles. The van der Waals surface area contributed by atoms with E-state index in [1.165, 1.54) is 6.42 Å². The highest BCUT2D eigenvalue weighted by atomic mass is 16.5. The van der Waals surface area contributed by atoms with E-state index in [0.29, 0.717) is 0 Å². The van der Waals surface area contributed by atoms with Crippen molar-refractivity contribution in [2.24, 2.45) is 17.8 Å². The number of ether oxygens (including phenoxy) is 1. The van der Waals surface area contributed by atoms with Gasteiger partial charge < -0.3 is 4.74 Å². The first-order valence-electron chi connectivity index (χ1n) is 5.02. The third kappa shape index (κ3) is 0.900. The van der Waals surface area contributed by atoms with Gasteiger partial charge in [0.15, 0.2) is 0 Å². The first-order valence-corrected chi connectivity index (χ1v) is 5.02. The molecule has 2 saturated carbocycles. The molecule has 0 aromatic heterocycles. The molecule has 4 fully saturated rings. The normalized spacial score (nSPS) is 50.5. The van der Waals surface area contributed by atoms with Gasteiger partial charge in [0, 0.05) is 0 Å². The Kier molecular flexibility index (Phi) is 1.29. The molecule has 0 aromatic carbocycles. The number of hydrogen-bond donors (Lipinski definition) is 0. The molecule has 4 aliphatic rings. The van der Waals surface area contributed by atoms with E-state index < -0.39 is 0 Å². The van der Waals surface area contributed by atoms with Gasteiger partial charge in [-0.05, 0) is 43.9 Å². The molecule has 4 rings (SSSR count). The predicted molar refractivity (Wildman–Crippen MR) is 43.4 cm³/mol. The largest absolute Gasteiger partial charge is 0.462 e. The minimum absolute atomic E-state index is 0.102. The zero-order valence-electron chi connectivity index (χ0n) is 7.16. The highest BCUT2D eigenvalue weighted by Crippen LogP contribution is 2.46. The lowest BCUT2D eigenvalue weighted by Gasteiger charge is -2.35. The molecule has 2 nitrogen and oxygen atoms in total. The minimum atomic E-state index is 0.102. The predicted octanol–water partition coefficient (Wildman–Crippen LogP) is 1.74. The molecule has 12 heavy (non-hydrogen) atoms. The average Bonchev–Trinajstić information content (AvgIpc) is 2.16. The van der Waals surface area contributed by atoms with Gasteiger partial charge >= 0.3 is 5.97 Å². The van der Waals surface area contributed by atoms with E-state index in [-0.39, 0.29) is 18.0 Å². The lowest BCUT2D eigenvalue weighted by Crippen LogP contribution is -2.29.